The smallest absolute Gasteiger partial charge is 0.350 e. The minimum absolute atomic E-state index is 0.168. The van der Waals surface area contributed by atoms with Crippen molar-refractivity contribution < 1.29 is 27.6 Å². The molecule has 202 valence electrons. The van der Waals surface area contributed by atoms with Gasteiger partial charge in [-0.05, 0) is 89.6 Å². The predicted molar refractivity (Wildman–Crippen MR) is 137 cm³/mol. The summed E-state index contributed by atoms with van der Waals surface area (Å²) in [4.78, 5) is 38.0. The maximum Gasteiger partial charge on any atom is 0.416 e. The quantitative estimate of drug-likeness (QED) is 0.446. The first-order chi connectivity index (χ1) is 17.1. The Labute approximate surface area is 216 Å². The van der Waals surface area contributed by atoms with Crippen molar-refractivity contribution in [2.75, 3.05) is 6.54 Å². The number of halogens is 3. The van der Waals surface area contributed by atoms with Crippen molar-refractivity contribution in [3.8, 4) is 0 Å². The number of aryl methyl sites for hydroxylation is 4. The molecule has 0 aliphatic rings. The molecule has 0 aliphatic carbocycles. The minimum Gasteiger partial charge on any atom is -0.350 e. The largest absolute Gasteiger partial charge is 0.416 e. The minimum atomic E-state index is -4.59. The number of carbonyl (C=O) groups excluding carboxylic acids is 3. The van der Waals surface area contributed by atoms with Gasteiger partial charge in [0.1, 0.15) is 6.04 Å². The molecule has 3 amide bonds. The summed E-state index contributed by atoms with van der Waals surface area (Å²) in [7, 11) is 0. The van der Waals surface area contributed by atoms with Crippen molar-refractivity contribution in [3.05, 3.63) is 69.8 Å². The van der Waals surface area contributed by atoms with E-state index in [1.54, 1.807) is 0 Å². The average molecular weight is 520 g/mol. The van der Waals surface area contributed by atoms with Crippen molar-refractivity contribution in [2.45, 2.75) is 78.6 Å². The van der Waals surface area contributed by atoms with Crippen LogP contribution < -0.4 is 16.0 Å². The van der Waals surface area contributed by atoms with E-state index in [4.69, 9.17) is 0 Å². The standard InChI is InChI=1S/C28H36F3N3O3/c1-17-10-12-20(19(3)14-17)8-7-9-23(26(37)34-27(4,5)6)33-24(35)16-32-25(36)22-15-21(28(29,30)31)13-11-18(22)2/h10-15,23H,7-9,16H2,1-6H3,(H,32,36)(H,33,35)(H,34,37)/t23-/m0/s1. The molecule has 9 heteroatoms. The monoisotopic (exact) mass is 519 g/mol. The fourth-order valence-electron chi connectivity index (χ4n) is 3.89. The molecule has 0 aliphatic heterocycles. The van der Waals surface area contributed by atoms with Gasteiger partial charge >= 0.3 is 6.18 Å². The third kappa shape index (κ3) is 9.55. The van der Waals surface area contributed by atoms with E-state index in [9.17, 15) is 27.6 Å². The number of hydrogen-bond acceptors (Lipinski definition) is 3. The Morgan fingerprint density at radius 2 is 1.59 bits per heavy atom. The van der Waals surface area contributed by atoms with E-state index < -0.39 is 41.7 Å². The van der Waals surface area contributed by atoms with Gasteiger partial charge in [-0.2, -0.15) is 13.2 Å². The summed E-state index contributed by atoms with van der Waals surface area (Å²) in [5.74, 6) is -1.76. The molecule has 0 saturated carbocycles. The Morgan fingerprint density at radius 1 is 0.919 bits per heavy atom. The van der Waals surface area contributed by atoms with Gasteiger partial charge in [-0.1, -0.05) is 29.8 Å². The second-order valence-electron chi connectivity index (χ2n) is 10.4. The lowest BCUT2D eigenvalue weighted by atomic mass is 9.98. The number of benzene rings is 2. The molecule has 0 radical (unpaired) electrons. The Kier molecular flexibility index (Phi) is 9.89. The average Bonchev–Trinajstić information content (AvgIpc) is 2.76. The molecule has 2 rings (SSSR count). The van der Waals surface area contributed by atoms with Crippen LogP contribution in [0.5, 0.6) is 0 Å². The molecule has 0 heterocycles. The lowest BCUT2D eigenvalue weighted by molar-refractivity contribution is -0.137. The maximum atomic E-state index is 13.0. The van der Waals surface area contributed by atoms with E-state index in [0.29, 0.717) is 18.4 Å². The van der Waals surface area contributed by atoms with Gasteiger partial charge in [-0.15, -0.1) is 0 Å². The van der Waals surface area contributed by atoms with Crippen LogP contribution in [0, 0.1) is 20.8 Å². The van der Waals surface area contributed by atoms with E-state index in [-0.39, 0.29) is 11.5 Å². The van der Waals surface area contributed by atoms with Gasteiger partial charge in [0.25, 0.3) is 5.91 Å². The molecule has 37 heavy (non-hydrogen) atoms. The Morgan fingerprint density at radius 3 is 2.19 bits per heavy atom. The van der Waals surface area contributed by atoms with E-state index in [1.807, 2.05) is 40.7 Å². The highest BCUT2D eigenvalue weighted by molar-refractivity contribution is 5.98. The van der Waals surface area contributed by atoms with Gasteiger partial charge < -0.3 is 16.0 Å². The zero-order chi connectivity index (χ0) is 28.0. The normalized spacial score (nSPS) is 12.6. The van der Waals surface area contributed by atoms with E-state index in [1.165, 1.54) is 18.6 Å². The van der Waals surface area contributed by atoms with E-state index >= 15 is 0 Å². The maximum absolute atomic E-state index is 13.0. The van der Waals surface area contributed by atoms with Crippen LogP contribution in [0.3, 0.4) is 0 Å². The topological polar surface area (TPSA) is 87.3 Å². The summed E-state index contributed by atoms with van der Waals surface area (Å²) in [5, 5.41) is 7.88. The zero-order valence-electron chi connectivity index (χ0n) is 22.2. The summed E-state index contributed by atoms with van der Waals surface area (Å²) in [6, 6.07) is 8.21. The number of carbonyl (C=O) groups is 3. The van der Waals surface area contributed by atoms with Crippen LogP contribution in [0.4, 0.5) is 13.2 Å². The van der Waals surface area contributed by atoms with Crippen LogP contribution in [0.25, 0.3) is 0 Å². The molecule has 2 aromatic carbocycles. The van der Waals surface area contributed by atoms with E-state index in [0.717, 1.165) is 29.7 Å². The first-order valence-corrected chi connectivity index (χ1v) is 12.2. The van der Waals surface area contributed by atoms with Crippen LogP contribution >= 0.6 is 0 Å². The SMILES string of the molecule is Cc1ccc(CCC[C@H](NC(=O)CNC(=O)c2cc(C(F)(F)F)ccc2C)C(=O)NC(C)(C)C)c(C)c1. The summed E-state index contributed by atoms with van der Waals surface area (Å²) >= 11 is 0. The second kappa shape index (κ2) is 12.3. The van der Waals surface area contributed by atoms with Crippen molar-refractivity contribution in [1.82, 2.24) is 16.0 Å². The summed E-state index contributed by atoms with van der Waals surface area (Å²) < 4.78 is 39.1. The predicted octanol–water partition coefficient (Wildman–Crippen LogP) is 4.78. The van der Waals surface area contributed by atoms with Gasteiger partial charge in [-0.25, -0.2) is 0 Å². The molecule has 6 nitrogen and oxygen atoms in total. The van der Waals surface area contributed by atoms with Gasteiger partial charge in [0.05, 0.1) is 12.1 Å². The molecule has 0 spiro atoms. The first kappa shape index (κ1) is 29.9. The fourth-order valence-corrected chi connectivity index (χ4v) is 3.89. The number of hydrogen-bond donors (Lipinski definition) is 3. The molecule has 0 bridgehead atoms. The molecular formula is C28H36F3N3O3. The van der Waals surface area contributed by atoms with Crippen molar-refractivity contribution >= 4 is 17.7 Å². The van der Waals surface area contributed by atoms with Crippen molar-refractivity contribution in [3.63, 3.8) is 0 Å². The molecule has 2 aromatic rings. The molecular weight excluding hydrogens is 483 g/mol. The summed E-state index contributed by atoms with van der Waals surface area (Å²) in [6.07, 6.45) is -2.85. The zero-order valence-corrected chi connectivity index (χ0v) is 22.2. The van der Waals surface area contributed by atoms with Gasteiger partial charge in [0.15, 0.2) is 0 Å². The number of rotatable bonds is 9. The molecule has 0 aromatic heterocycles. The highest BCUT2D eigenvalue weighted by Gasteiger charge is 2.31. The Hall–Kier alpha value is -3.36. The Bertz CT molecular complexity index is 1140. The van der Waals surface area contributed by atoms with Gasteiger partial charge in [-0.3, -0.25) is 14.4 Å². The lowest BCUT2D eigenvalue weighted by Gasteiger charge is -2.25. The molecule has 0 unspecified atom stereocenters. The number of amides is 3. The van der Waals surface area contributed by atoms with E-state index in [2.05, 4.69) is 28.1 Å². The number of nitrogens with one attached hydrogen (secondary N) is 3. The van der Waals surface area contributed by atoms with Crippen LogP contribution in [-0.2, 0) is 22.2 Å². The van der Waals surface area contributed by atoms with Crippen LogP contribution in [0.15, 0.2) is 36.4 Å². The molecule has 3 N–H and O–H groups in total. The lowest BCUT2D eigenvalue weighted by Crippen LogP contribution is -2.53. The summed E-state index contributed by atoms with van der Waals surface area (Å²) in [6.45, 7) is 10.6. The summed E-state index contributed by atoms with van der Waals surface area (Å²) in [5.41, 5.74) is 2.21. The van der Waals surface area contributed by atoms with Crippen molar-refractivity contribution in [2.24, 2.45) is 0 Å². The Balaban J connectivity index is 2.03. The molecule has 1 atom stereocenters. The first-order valence-electron chi connectivity index (χ1n) is 12.2. The number of alkyl halides is 3. The van der Waals surface area contributed by atoms with Crippen LogP contribution in [0.1, 0.15) is 71.8 Å². The third-order valence-corrected chi connectivity index (χ3v) is 5.81. The van der Waals surface area contributed by atoms with Gasteiger partial charge in [0, 0.05) is 11.1 Å². The van der Waals surface area contributed by atoms with Crippen LogP contribution in [-0.4, -0.2) is 35.8 Å². The molecule has 0 fully saturated rings. The highest BCUT2D eigenvalue weighted by atomic mass is 19.4. The van der Waals surface area contributed by atoms with Crippen LogP contribution in [0.2, 0.25) is 0 Å². The highest BCUT2D eigenvalue weighted by Crippen LogP contribution is 2.30. The second-order valence-corrected chi connectivity index (χ2v) is 10.4. The fraction of sp³-hybridized carbons (Fsp3) is 0.464. The molecule has 0 saturated heterocycles. The van der Waals surface area contributed by atoms with Gasteiger partial charge in [0.2, 0.25) is 11.8 Å². The third-order valence-electron chi connectivity index (χ3n) is 5.81. The van der Waals surface area contributed by atoms with Crippen molar-refractivity contribution in [1.29, 1.82) is 0 Å².